The number of ketones is 2. The fourth-order valence-corrected chi connectivity index (χ4v) is 2.65. The van der Waals surface area contributed by atoms with E-state index in [-0.39, 0.29) is 18.0 Å². The molecule has 3 rings (SSSR count). The van der Waals surface area contributed by atoms with Gasteiger partial charge in [-0.3, -0.25) is 19.3 Å². The van der Waals surface area contributed by atoms with E-state index in [1.54, 1.807) is 17.2 Å². The Kier molecular flexibility index (Phi) is 3.15. The van der Waals surface area contributed by atoms with Crippen LogP contribution >= 0.6 is 11.3 Å². The highest BCUT2D eigenvalue weighted by Crippen LogP contribution is 2.20. The van der Waals surface area contributed by atoms with Gasteiger partial charge in [0.2, 0.25) is 0 Å². The zero-order chi connectivity index (χ0) is 14.1. The molecule has 2 heterocycles. The van der Waals surface area contributed by atoms with Crippen molar-refractivity contribution in [3.63, 3.8) is 0 Å². The molecule has 0 saturated carbocycles. The molecule has 100 valence electrons. The number of hydrogen-bond acceptors (Lipinski definition) is 5. The summed E-state index contributed by atoms with van der Waals surface area (Å²) in [6.07, 6.45) is 1.31. The summed E-state index contributed by atoms with van der Waals surface area (Å²) >= 11 is 1.24. The standard InChI is InChI=1S/C14H11N3O2S/c1-17-10-5-3-2-4-9(10)14(16-17)12(19)6-11(18)13-7-15-8-20-13/h2-5,7-8H,6H2,1H3. The second-order valence-corrected chi connectivity index (χ2v) is 5.26. The summed E-state index contributed by atoms with van der Waals surface area (Å²) in [7, 11) is 1.78. The molecule has 1 aromatic carbocycles. The van der Waals surface area contributed by atoms with Gasteiger partial charge in [0.1, 0.15) is 5.69 Å². The molecule has 5 nitrogen and oxygen atoms in total. The maximum absolute atomic E-state index is 12.3. The number of nitrogens with zero attached hydrogens (tertiary/aromatic N) is 3. The number of carbonyl (C=O) groups excluding carboxylic acids is 2. The summed E-state index contributed by atoms with van der Waals surface area (Å²) in [4.78, 5) is 28.6. The molecule has 0 N–H and O–H groups in total. The van der Waals surface area contributed by atoms with Crippen LogP contribution in [-0.2, 0) is 7.05 Å². The smallest absolute Gasteiger partial charge is 0.191 e. The van der Waals surface area contributed by atoms with Crippen LogP contribution in [0, 0.1) is 0 Å². The van der Waals surface area contributed by atoms with Crippen LogP contribution in [0.4, 0.5) is 0 Å². The minimum absolute atomic E-state index is 0.177. The van der Waals surface area contributed by atoms with Gasteiger partial charge in [-0.2, -0.15) is 5.10 Å². The van der Waals surface area contributed by atoms with Gasteiger partial charge in [0.05, 0.1) is 22.3 Å². The van der Waals surface area contributed by atoms with Gasteiger partial charge in [-0.05, 0) is 6.07 Å². The van der Waals surface area contributed by atoms with Crippen molar-refractivity contribution < 1.29 is 9.59 Å². The Bertz CT molecular complexity index is 790. The molecule has 20 heavy (non-hydrogen) atoms. The van der Waals surface area contributed by atoms with E-state index in [9.17, 15) is 9.59 Å². The molecule has 0 amide bonds. The lowest BCUT2D eigenvalue weighted by atomic mass is 10.1. The summed E-state index contributed by atoms with van der Waals surface area (Å²) < 4.78 is 1.65. The molecule has 0 saturated heterocycles. The number of fused-ring (bicyclic) bond motifs is 1. The molecule has 6 heteroatoms. The lowest BCUT2D eigenvalue weighted by molar-refractivity contribution is 0.0894. The Balaban J connectivity index is 1.92. The SMILES string of the molecule is Cn1nc(C(=O)CC(=O)c2cncs2)c2ccccc21. The molecule has 2 aromatic heterocycles. The van der Waals surface area contributed by atoms with Crippen molar-refractivity contribution in [3.05, 3.63) is 46.5 Å². The molecule has 0 aliphatic heterocycles. The predicted molar refractivity (Wildman–Crippen MR) is 76.1 cm³/mol. The first-order valence-corrected chi connectivity index (χ1v) is 6.91. The Labute approximate surface area is 118 Å². The topological polar surface area (TPSA) is 64.8 Å². The average molecular weight is 285 g/mol. The monoisotopic (exact) mass is 285 g/mol. The van der Waals surface area contributed by atoms with Gasteiger partial charge in [-0.25, -0.2) is 0 Å². The van der Waals surface area contributed by atoms with E-state index < -0.39 is 0 Å². The number of para-hydroxylation sites is 1. The molecule has 0 fully saturated rings. The van der Waals surface area contributed by atoms with Crippen molar-refractivity contribution in [2.45, 2.75) is 6.42 Å². The number of aryl methyl sites for hydroxylation is 1. The Morgan fingerprint density at radius 3 is 2.80 bits per heavy atom. The lowest BCUT2D eigenvalue weighted by Crippen LogP contribution is -2.09. The van der Waals surface area contributed by atoms with Crippen molar-refractivity contribution in [2.24, 2.45) is 7.05 Å². The maximum Gasteiger partial charge on any atom is 0.191 e. The molecule has 0 spiro atoms. The molecule has 0 atom stereocenters. The third kappa shape index (κ3) is 2.14. The number of carbonyl (C=O) groups is 2. The van der Waals surface area contributed by atoms with E-state index in [2.05, 4.69) is 10.1 Å². The average Bonchev–Trinajstić information content (AvgIpc) is 3.07. The van der Waals surface area contributed by atoms with Crippen LogP contribution in [-0.4, -0.2) is 26.3 Å². The largest absolute Gasteiger partial charge is 0.293 e. The first kappa shape index (κ1) is 12.7. The quantitative estimate of drug-likeness (QED) is 0.545. The Morgan fingerprint density at radius 1 is 1.25 bits per heavy atom. The first-order valence-electron chi connectivity index (χ1n) is 6.03. The Morgan fingerprint density at radius 2 is 2.05 bits per heavy atom. The number of thiazole rings is 1. The number of rotatable bonds is 4. The molecule has 0 radical (unpaired) electrons. The van der Waals surface area contributed by atoms with Crippen molar-refractivity contribution in [2.75, 3.05) is 0 Å². The van der Waals surface area contributed by atoms with Gasteiger partial charge in [-0.1, -0.05) is 18.2 Å². The van der Waals surface area contributed by atoms with Gasteiger partial charge in [0.15, 0.2) is 11.6 Å². The van der Waals surface area contributed by atoms with Gasteiger partial charge in [-0.15, -0.1) is 11.3 Å². The van der Waals surface area contributed by atoms with Crippen LogP contribution in [0.3, 0.4) is 0 Å². The van der Waals surface area contributed by atoms with E-state index in [0.29, 0.717) is 10.6 Å². The second kappa shape index (κ2) is 4.97. The van der Waals surface area contributed by atoms with Crippen LogP contribution in [0.5, 0.6) is 0 Å². The number of hydrogen-bond donors (Lipinski definition) is 0. The van der Waals surface area contributed by atoms with Gasteiger partial charge in [0, 0.05) is 18.6 Å². The third-order valence-electron chi connectivity index (χ3n) is 3.05. The van der Waals surface area contributed by atoms with Crippen LogP contribution < -0.4 is 0 Å². The Hall–Kier alpha value is -2.34. The number of benzene rings is 1. The molecule has 3 aromatic rings. The minimum Gasteiger partial charge on any atom is -0.293 e. The van der Waals surface area contributed by atoms with Gasteiger partial charge >= 0.3 is 0 Å². The molecule has 0 unspecified atom stereocenters. The molecular formula is C14H11N3O2S. The second-order valence-electron chi connectivity index (χ2n) is 4.38. The van der Waals surface area contributed by atoms with Crippen molar-refractivity contribution in [1.29, 1.82) is 0 Å². The molecule has 0 bridgehead atoms. The normalized spacial score (nSPS) is 10.8. The van der Waals surface area contributed by atoms with Crippen LogP contribution in [0.1, 0.15) is 26.6 Å². The van der Waals surface area contributed by atoms with Crippen molar-refractivity contribution >= 4 is 33.8 Å². The summed E-state index contributed by atoms with van der Waals surface area (Å²) in [6, 6.07) is 7.48. The number of Topliss-reactive ketones (excluding diaryl/α,β-unsaturated/α-hetero) is 2. The van der Waals surface area contributed by atoms with E-state index in [4.69, 9.17) is 0 Å². The summed E-state index contributed by atoms with van der Waals surface area (Å²) in [5, 5.41) is 5.00. The van der Waals surface area contributed by atoms with Gasteiger partial charge < -0.3 is 0 Å². The molecular weight excluding hydrogens is 274 g/mol. The van der Waals surface area contributed by atoms with E-state index >= 15 is 0 Å². The molecule has 0 aliphatic rings. The third-order valence-corrected chi connectivity index (χ3v) is 3.86. The maximum atomic E-state index is 12.3. The zero-order valence-corrected chi connectivity index (χ0v) is 11.6. The fraction of sp³-hybridized carbons (Fsp3) is 0.143. The van der Waals surface area contributed by atoms with E-state index in [0.717, 1.165) is 10.9 Å². The summed E-state index contributed by atoms with van der Waals surface area (Å²) in [5.41, 5.74) is 2.80. The lowest BCUT2D eigenvalue weighted by Gasteiger charge is -1.96. The predicted octanol–water partition coefficient (Wildman–Crippen LogP) is 2.49. The van der Waals surface area contributed by atoms with E-state index in [1.165, 1.54) is 17.5 Å². The van der Waals surface area contributed by atoms with Crippen LogP contribution in [0.15, 0.2) is 36.0 Å². The number of aromatic nitrogens is 3. The van der Waals surface area contributed by atoms with Crippen LogP contribution in [0.2, 0.25) is 0 Å². The van der Waals surface area contributed by atoms with Crippen molar-refractivity contribution in [3.8, 4) is 0 Å². The highest BCUT2D eigenvalue weighted by Gasteiger charge is 2.20. The highest BCUT2D eigenvalue weighted by molar-refractivity contribution is 7.11. The minimum atomic E-state index is -0.264. The van der Waals surface area contributed by atoms with Gasteiger partial charge in [0.25, 0.3) is 0 Å². The fourth-order valence-electron chi connectivity index (χ4n) is 2.09. The first-order chi connectivity index (χ1) is 9.66. The zero-order valence-electron chi connectivity index (χ0n) is 10.7. The van der Waals surface area contributed by atoms with Crippen molar-refractivity contribution in [1.82, 2.24) is 14.8 Å². The van der Waals surface area contributed by atoms with E-state index in [1.807, 2.05) is 24.3 Å². The summed E-state index contributed by atoms with van der Waals surface area (Å²) in [5.74, 6) is -0.479. The highest BCUT2D eigenvalue weighted by atomic mass is 32.1. The molecule has 0 aliphatic carbocycles. The summed E-state index contributed by atoms with van der Waals surface area (Å²) in [6.45, 7) is 0. The van der Waals surface area contributed by atoms with Crippen LogP contribution in [0.25, 0.3) is 10.9 Å².